The first-order valence-electron chi connectivity index (χ1n) is 10.6. The summed E-state index contributed by atoms with van der Waals surface area (Å²) >= 11 is 0. The predicted octanol–water partition coefficient (Wildman–Crippen LogP) is 5.62. The van der Waals surface area contributed by atoms with E-state index in [2.05, 4.69) is 59.1 Å². The van der Waals surface area contributed by atoms with Crippen molar-refractivity contribution in [2.45, 2.75) is 143 Å². The van der Waals surface area contributed by atoms with E-state index in [4.69, 9.17) is 5.73 Å². The Bertz CT molecular complexity index is 269. The second kappa shape index (κ2) is 14.0. The molecule has 0 aromatic rings. The van der Waals surface area contributed by atoms with Crippen molar-refractivity contribution >= 4 is 0 Å². The lowest BCUT2D eigenvalue weighted by atomic mass is 9.93. The lowest BCUT2D eigenvalue weighted by molar-refractivity contribution is 0.295. The quantitative estimate of drug-likeness (QED) is 0.598. The molecule has 154 valence electrons. The average molecular weight is 358 g/mol. The van der Waals surface area contributed by atoms with Gasteiger partial charge in [-0.1, -0.05) is 33.1 Å². The first-order valence-corrected chi connectivity index (χ1v) is 10.6. The lowest BCUT2D eigenvalue weighted by Crippen LogP contribution is -2.44. The molecular formula is C22H51N3. The van der Waals surface area contributed by atoms with Crippen LogP contribution in [-0.2, 0) is 0 Å². The van der Waals surface area contributed by atoms with Gasteiger partial charge in [0.15, 0.2) is 0 Å². The van der Waals surface area contributed by atoms with Crippen molar-refractivity contribution in [2.75, 3.05) is 0 Å². The SMILES string of the molecule is CC(C)(C)N.CC(C)(C)NC1CCCCC1.CCC(C)NC(C)CC. The summed E-state index contributed by atoms with van der Waals surface area (Å²) < 4.78 is 0. The Morgan fingerprint density at radius 1 is 0.840 bits per heavy atom. The summed E-state index contributed by atoms with van der Waals surface area (Å²) in [5.74, 6) is 0. The maximum Gasteiger partial charge on any atom is 0.00990 e. The van der Waals surface area contributed by atoms with Gasteiger partial charge in [-0.2, -0.15) is 0 Å². The topological polar surface area (TPSA) is 50.1 Å². The van der Waals surface area contributed by atoms with Gasteiger partial charge in [-0.25, -0.2) is 0 Å². The zero-order valence-corrected chi connectivity index (χ0v) is 19.3. The predicted molar refractivity (Wildman–Crippen MR) is 116 cm³/mol. The zero-order chi connectivity index (χ0) is 20.1. The summed E-state index contributed by atoms with van der Waals surface area (Å²) in [4.78, 5) is 0. The molecule has 0 aromatic carbocycles. The van der Waals surface area contributed by atoms with Crippen molar-refractivity contribution in [3.63, 3.8) is 0 Å². The Kier molecular flexibility index (Phi) is 15.2. The van der Waals surface area contributed by atoms with Crippen LogP contribution in [0.25, 0.3) is 0 Å². The smallest absolute Gasteiger partial charge is 0.00990 e. The summed E-state index contributed by atoms with van der Waals surface area (Å²) in [5, 5.41) is 7.14. The van der Waals surface area contributed by atoms with Crippen LogP contribution in [0.4, 0.5) is 0 Å². The van der Waals surface area contributed by atoms with Crippen LogP contribution < -0.4 is 16.4 Å². The van der Waals surface area contributed by atoms with Gasteiger partial charge in [0.2, 0.25) is 0 Å². The second-order valence-electron chi connectivity index (χ2n) is 9.88. The molecule has 1 saturated carbocycles. The number of nitrogens with two attached hydrogens (primary N) is 1. The fourth-order valence-corrected chi connectivity index (χ4v) is 2.58. The van der Waals surface area contributed by atoms with Gasteiger partial charge >= 0.3 is 0 Å². The molecule has 3 nitrogen and oxygen atoms in total. The molecule has 2 unspecified atom stereocenters. The highest BCUT2D eigenvalue weighted by molar-refractivity contribution is 4.80. The molecule has 1 aliphatic rings. The second-order valence-corrected chi connectivity index (χ2v) is 9.88. The Labute approximate surface area is 160 Å². The van der Waals surface area contributed by atoms with E-state index in [0.717, 1.165) is 6.04 Å². The van der Waals surface area contributed by atoms with E-state index < -0.39 is 0 Å². The van der Waals surface area contributed by atoms with Gasteiger partial charge in [-0.15, -0.1) is 0 Å². The highest BCUT2D eigenvalue weighted by Crippen LogP contribution is 2.19. The summed E-state index contributed by atoms with van der Waals surface area (Å²) in [7, 11) is 0. The molecule has 0 aliphatic heterocycles. The Hall–Kier alpha value is -0.120. The molecule has 0 radical (unpaired) electrons. The molecule has 4 N–H and O–H groups in total. The third-order valence-corrected chi connectivity index (χ3v) is 4.04. The zero-order valence-electron chi connectivity index (χ0n) is 19.3. The van der Waals surface area contributed by atoms with Gasteiger partial charge in [0, 0.05) is 29.2 Å². The van der Waals surface area contributed by atoms with Gasteiger partial charge < -0.3 is 16.4 Å². The monoisotopic (exact) mass is 357 g/mol. The van der Waals surface area contributed by atoms with Crippen molar-refractivity contribution in [1.82, 2.24) is 10.6 Å². The average Bonchev–Trinajstić information content (AvgIpc) is 2.45. The van der Waals surface area contributed by atoms with Crippen LogP contribution in [-0.4, -0.2) is 29.2 Å². The molecule has 0 aromatic heterocycles. The Morgan fingerprint density at radius 2 is 1.20 bits per heavy atom. The highest BCUT2D eigenvalue weighted by Gasteiger charge is 2.18. The third kappa shape index (κ3) is 26.2. The summed E-state index contributed by atoms with van der Waals surface area (Å²) in [6.07, 6.45) is 9.52. The van der Waals surface area contributed by atoms with Gasteiger partial charge in [-0.3, -0.25) is 0 Å². The van der Waals surface area contributed by atoms with Crippen molar-refractivity contribution in [3.8, 4) is 0 Å². The van der Waals surface area contributed by atoms with Crippen molar-refractivity contribution in [1.29, 1.82) is 0 Å². The molecule has 25 heavy (non-hydrogen) atoms. The fourth-order valence-electron chi connectivity index (χ4n) is 2.58. The molecular weight excluding hydrogens is 306 g/mol. The minimum absolute atomic E-state index is 0. The Balaban J connectivity index is 0. The molecule has 0 amide bonds. The van der Waals surface area contributed by atoms with Crippen LogP contribution in [0.15, 0.2) is 0 Å². The van der Waals surface area contributed by atoms with Crippen molar-refractivity contribution < 1.29 is 0 Å². The molecule has 0 bridgehead atoms. The molecule has 3 heteroatoms. The van der Waals surface area contributed by atoms with Crippen LogP contribution in [0.1, 0.15) is 114 Å². The van der Waals surface area contributed by atoms with Crippen molar-refractivity contribution in [3.05, 3.63) is 0 Å². The first-order chi connectivity index (χ1) is 11.3. The summed E-state index contributed by atoms with van der Waals surface area (Å²) in [5.41, 5.74) is 5.66. The number of hydrogen-bond acceptors (Lipinski definition) is 3. The van der Waals surface area contributed by atoms with E-state index in [9.17, 15) is 0 Å². The first kappa shape index (κ1) is 27.1. The van der Waals surface area contributed by atoms with Crippen LogP contribution in [0, 0.1) is 0 Å². The van der Waals surface area contributed by atoms with E-state index in [-0.39, 0.29) is 5.54 Å². The third-order valence-electron chi connectivity index (χ3n) is 4.04. The van der Waals surface area contributed by atoms with Gasteiger partial charge in [0.05, 0.1) is 0 Å². The standard InChI is InChI=1S/C10H21N.C8H19N.C4H11N/c1-10(2,3)11-9-7-5-4-6-8-9;1-5-7(3)9-8(4)6-2;1-4(2,3)5/h9,11H,4-8H2,1-3H3;7-9H,5-6H2,1-4H3;5H2,1-3H3. The molecule has 2 atom stereocenters. The van der Waals surface area contributed by atoms with E-state index >= 15 is 0 Å². The van der Waals surface area contributed by atoms with Crippen LogP contribution in [0.5, 0.6) is 0 Å². The lowest BCUT2D eigenvalue weighted by Gasteiger charge is -2.31. The maximum absolute atomic E-state index is 5.35. The summed E-state index contributed by atoms with van der Waals surface area (Å²) in [6, 6.07) is 2.16. The van der Waals surface area contributed by atoms with E-state index in [1.165, 1.54) is 44.9 Å². The van der Waals surface area contributed by atoms with E-state index in [1.54, 1.807) is 0 Å². The minimum Gasteiger partial charge on any atom is -0.326 e. The van der Waals surface area contributed by atoms with Crippen LogP contribution in [0.3, 0.4) is 0 Å². The Morgan fingerprint density at radius 3 is 1.48 bits per heavy atom. The van der Waals surface area contributed by atoms with E-state index in [1.807, 2.05) is 20.8 Å². The van der Waals surface area contributed by atoms with Crippen molar-refractivity contribution in [2.24, 2.45) is 5.73 Å². The number of nitrogens with one attached hydrogen (secondary N) is 2. The minimum atomic E-state index is 0. The molecule has 0 heterocycles. The molecule has 0 spiro atoms. The largest absolute Gasteiger partial charge is 0.326 e. The fraction of sp³-hybridized carbons (Fsp3) is 1.00. The van der Waals surface area contributed by atoms with E-state index in [0.29, 0.717) is 17.6 Å². The molecule has 1 rings (SSSR count). The number of rotatable bonds is 5. The van der Waals surface area contributed by atoms with Gasteiger partial charge in [0.25, 0.3) is 0 Å². The number of hydrogen-bond donors (Lipinski definition) is 3. The molecule has 0 saturated heterocycles. The maximum atomic E-state index is 5.35. The summed E-state index contributed by atoms with van der Waals surface area (Å²) in [6.45, 7) is 21.5. The normalized spacial score (nSPS) is 18.4. The van der Waals surface area contributed by atoms with Gasteiger partial charge in [0.1, 0.15) is 0 Å². The van der Waals surface area contributed by atoms with Gasteiger partial charge in [-0.05, 0) is 81.1 Å². The van der Waals surface area contributed by atoms with Crippen LogP contribution in [0.2, 0.25) is 0 Å². The highest BCUT2D eigenvalue weighted by atomic mass is 15.0. The van der Waals surface area contributed by atoms with Crippen LogP contribution >= 0.6 is 0 Å². The molecule has 1 aliphatic carbocycles. The molecule has 1 fully saturated rings.